The molecule has 2 saturated heterocycles. The lowest BCUT2D eigenvalue weighted by Crippen LogP contribution is -2.63. The Bertz CT molecular complexity index is 3260. The Morgan fingerprint density at radius 3 is 2.40 bits per heavy atom. The van der Waals surface area contributed by atoms with E-state index in [0.29, 0.717) is 65.5 Å². The van der Waals surface area contributed by atoms with E-state index in [2.05, 4.69) is 59.4 Å². The van der Waals surface area contributed by atoms with Crippen molar-refractivity contribution in [2.45, 2.75) is 153 Å². The first-order valence-corrected chi connectivity index (χ1v) is 31.3. The maximum Gasteiger partial charge on any atom is 0.409 e. The number of aliphatic hydroxyl groups is 1. The van der Waals surface area contributed by atoms with Crippen molar-refractivity contribution in [2.24, 2.45) is 17.6 Å². The highest BCUT2D eigenvalue weighted by Gasteiger charge is 2.64. The highest BCUT2D eigenvalue weighted by molar-refractivity contribution is 9.09. The van der Waals surface area contributed by atoms with E-state index in [1.807, 2.05) is 13.0 Å². The number of likely N-dealkylation sites (N-methyl/N-ethyl adjacent to an activating group) is 1. The molecule has 2 fully saturated rings. The molecule has 6 rings (SSSR count). The van der Waals surface area contributed by atoms with Gasteiger partial charge in [0.15, 0.2) is 5.72 Å². The first-order valence-electron chi connectivity index (χ1n) is 29.8. The Morgan fingerprint density at radius 2 is 1.72 bits per heavy atom. The molecule has 4 heterocycles. The van der Waals surface area contributed by atoms with Gasteiger partial charge in [-0.2, -0.15) is 0 Å². The summed E-state index contributed by atoms with van der Waals surface area (Å²) in [5.74, 6) is -4.41. The second kappa shape index (κ2) is 31.9. The second-order valence-corrected chi connectivity index (χ2v) is 24.4. The van der Waals surface area contributed by atoms with Gasteiger partial charge in [-0.15, -0.1) is 0 Å². The van der Waals surface area contributed by atoms with Gasteiger partial charge in [-0.25, -0.2) is 19.4 Å². The number of pyridine rings is 1. The van der Waals surface area contributed by atoms with Crippen LogP contribution in [0.3, 0.4) is 0 Å². The minimum absolute atomic E-state index is 0.0629. The first-order chi connectivity index (χ1) is 42.5. The van der Waals surface area contributed by atoms with Crippen LogP contribution in [0, 0.1) is 11.8 Å². The number of nitrogens with two attached hydrogens (primary N) is 1. The Balaban J connectivity index is 1.16. The molecule has 0 spiro atoms. The van der Waals surface area contributed by atoms with E-state index in [0.717, 1.165) is 11.1 Å². The number of unbranched alkanes of at least 4 members (excludes halogenated alkanes) is 2. The van der Waals surface area contributed by atoms with Crippen molar-refractivity contribution >= 4 is 103 Å². The summed E-state index contributed by atoms with van der Waals surface area (Å²) in [5, 5.41) is 29.0. The molecule has 90 heavy (non-hydrogen) atoms. The van der Waals surface area contributed by atoms with E-state index in [1.165, 1.54) is 57.2 Å². The van der Waals surface area contributed by atoms with Crippen LogP contribution in [0.2, 0.25) is 5.02 Å². The van der Waals surface area contributed by atoms with E-state index in [4.69, 9.17) is 41.0 Å². The monoisotopic (exact) mass is 1330 g/mol. The molecule has 0 radical (unpaired) electrons. The van der Waals surface area contributed by atoms with Crippen molar-refractivity contribution in [3.63, 3.8) is 0 Å². The number of benzene rings is 2. The fourth-order valence-corrected chi connectivity index (χ4v) is 11.3. The van der Waals surface area contributed by atoms with Gasteiger partial charge in [-0.3, -0.25) is 34.1 Å². The first kappa shape index (κ1) is 71.4. The highest BCUT2D eigenvalue weighted by atomic mass is 79.9. The summed E-state index contributed by atoms with van der Waals surface area (Å²) in [7, 11) is 5.82. The van der Waals surface area contributed by atoms with E-state index < -0.39 is 108 Å². The molecule has 0 unspecified atom stereocenters. The zero-order valence-corrected chi connectivity index (χ0v) is 54.8. The molecule has 4 bridgehead atoms. The molecule has 0 saturated carbocycles. The number of carbonyl (C=O) groups excluding carboxylic acids is 9. The number of fused-ring (bicyclic) bond motifs is 6. The number of amides is 9. The summed E-state index contributed by atoms with van der Waals surface area (Å²) in [6.07, 6.45) is 2.32. The normalized spacial score (nSPS) is 23.6. The van der Waals surface area contributed by atoms with Crippen LogP contribution in [-0.2, 0) is 54.1 Å². The van der Waals surface area contributed by atoms with Gasteiger partial charge in [0, 0.05) is 74.9 Å². The van der Waals surface area contributed by atoms with E-state index in [-0.39, 0.29) is 66.4 Å². The number of methoxy groups -OCH3 is 2. The molecule has 490 valence electrons. The van der Waals surface area contributed by atoms with Gasteiger partial charge in [-0.05, 0) is 107 Å². The lowest BCUT2D eigenvalue weighted by molar-refractivity contribution is -0.158. The maximum atomic E-state index is 14.5. The standard InChI is InChI=1S/C63H84BrClN10O15/c1-34(2)53(72-50(76)20-13-12-14-25-67-55(78)36(4)33-64)57(80)70-43(18-16-26-68-60(66)83)56(79)71-49-24-22-40-30-41(21-23-42(40)69-49)58(81)74(8)38(6)59(82)89-48-31-51(77)75(9)44-28-39(29-45(86-10)52(44)65)27-35(3)17-15-19-47(87-11)63(85)32-46(88-61(84)73-63)37(5)54-62(48,7)90-54/h15,17,19,21-24,28-30,34,37-38,43,46-48,53-54,85H,4,12-14,16,18,20,25-27,31-33H2,1-3,5-11H3,(H,67,78)(H,70,80)(H,72,76)(H,73,84)(H3,66,68,83)(H,69,71,79)/b19-15+,35-17+/t37-,38+,43+,46+,47-,48+,53+,54+,62+,63+/m1/s1. The number of primary amides is 1. The summed E-state index contributed by atoms with van der Waals surface area (Å²) >= 11 is 10.1. The van der Waals surface area contributed by atoms with Crippen LogP contribution >= 0.6 is 27.5 Å². The highest BCUT2D eigenvalue weighted by Crippen LogP contribution is 2.49. The van der Waals surface area contributed by atoms with E-state index in [9.17, 15) is 48.3 Å². The maximum absolute atomic E-state index is 14.5. The van der Waals surface area contributed by atoms with Gasteiger partial charge in [0.2, 0.25) is 29.5 Å². The molecular formula is C63H84BrClN10O15. The van der Waals surface area contributed by atoms with Crippen molar-refractivity contribution in [2.75, 3.05) is 57.0 Å². The SMILES string of the molecule is C=C(CBr)C(=O)NCCCCCC(=O)N[C@H](C(=O)N[C@@H](CCCNC(N)=O)C(=O)Nc1ccc2cc(C(=O)N(C)[C@@H](C)C(=O)O[C@H]3CC(=O)N(C)c4cc(cc(OC)c4Cl)C/C(C)=C/C=C/[C@@H](OC)[C@@]4(O)C[C@H](OC(=O)N4)[C@@H](C)[C@@H]4O[C@@]34C)ccc2n1)C(C)C. The van der Waals surface area contributed by atoms with Gasteiger partial charge >= 0.3 is 18.1 Å². The Hall–Kier alpha value is -7.65. The molecule has 10 atom stereocenters. The minimum Gasteiger partial charge on any atom is -0.495 e. The number of esters is 1. The third-order valence-corrected chi connectivity index (χ3v) is 17.4. The van der Waals surface area contributed by atoms with Crippen molar-refractivity contribution < 1.29 is 71.9 Å². The molecule has 27 heteroatoms. The van der Waals surface area contributed by atoms with E-state index in [1.54, 1.807) is 70.2 Å². The number of nitrogens with one attached hydrogen (secondary N) is 6. The number of urea groups is 1. The Morgan fingerprint density at radius 1 is 1.00 bits per heavy atom. The van der Waals surface area contributed by atoms with Crippen molar-refractivity contribution in [3.05, 3.63) is 94.6 Å². The summed E-state index contributed by atoms with van der Waals surface area (Å²) in [5.41, 5.74) is 4.88. The zero-order valence-electron chi connectivity index (χ0n) is 52.5. The molecule has 3 aliphatic rings. The smallest absolute Gasteiger partial charge is 0.409 e. The van der Waals surface area contributed by atoms with Crippen LogP contribution in [0.25, 0.3) is 10.9 Å². The fourth-order valence-electron chi connectivity index (χ4n) is 10.7. The number of alkyl halides is 1. The molecule has 1 aromatic heterocycles. The number of halogens is 2. The van der Waals surface area contributed by atoms with Crippen molar-refractivity contribution in [3.8, 4) is 5.75 Å². The second-order valence-electron chi connectivity index (χ2n) is 23.5. The number of anilines is 2. The van der Waals surface area contributed by atoms with Crippen LogP contribution in [0.4, 0.5) is 21.1 Å². The number of rotatable bonds is 24. The molecule has 0 aliphatic carbocycles. The molecular weight excluding hydrogens is 1250 g/mol. The number of carbonyl (C=O) groups is 9. The fraction of sp³-hybridized carbons (Fsp3) is 0.524. The number of ether oxygens (including phenoxy) is 5. The Kier molecular flexibility index (Phi) is 25.3. The van der Waals surface area contributed by atoms with Gasteiger partial charge in [0.25, 0.3) is 5.91 Å². The minimum atomic E-state index is -1.91. The average Bonchev–Trinajstić information content (AvgIpc) is 1.58. The third-order valence-electron chi connectivity index (χ3n) is 16.4. The van der Waals surface area contributed by atoms with Crippen LogP contribution in [0.1, 0.15) is 109 Å². The van der Waals surface area contributed by atoms with Gasteiger partial charge in [0.05, 0.1) is 30.8 Å². The largest absolute Gasteiger partial charge is 0.495 e. The van der Waals surface area contributed by atoms with Crippen molar-refractivity contribution in [1.29, 1.82) is 0 Å². The number of hydrogen-bond acceptors (Lipinski definition) is 16. The predicted molar refractivity (Wildman–Crippen MR) is 341 cm³/mol. The van der Waals surface area contributed by atoms with Gasteiger partial charge in [-0.1, -0.05) is 85.1 Å². The molecule has 3 aromatic rings. The van der Waals surface area contributed by atoms with Crippen LogP contribution in [-0.4, -0.2) is 169 Å². The van der Waals surface area contributed by atoms with Crippen molar-refractivity contribution in [1.82, 2.24) is 36.5 Å². The molecule has 25 nitrogen and oxygen atoms in total. The number of allylic oxidation sites excluding steroid dienone is 3. The summed E-state index contributed by atoms with van der Waals surface area (Å²) in [6, 6.07) is 7.11. The summed E-state index contributed by atoms with van der Waals surface area (Å²) in [6.45, 7) is 14.5. The lowest BCUT2D eigenvalue weighted by Gasteiger charge is -2.42. The zero-order chi connectivity index (χ0) is 66.4. The van der Waals surface area contributed by atoms with Crippen LogP contribution < -0.4 is 47.3 Å². The molecule has 9 amide bonds. The van der Waals surface area contributed by atoms with Gasteiger partial charge < -0.3 is 70.9 Å². The number of alkyl carbamates (subject to hydrolysis) is 1. The quantitative estimate of drug-likeness (QED) is 0.0167. The predicted octanol–water partition coefficient (Wildman–Crippen LogP) is 6.02. The molecule has 2 aromatic carbocycles. The molecule has 3 aliphatic heterocycles. The van der Waals surface area contributed by atoms with E-state index >= 15 is 0 Å². The summed E-state index contributed by atoms with van der Waals surface area (Å²) in [4.78, 5) is 128. The average molecular weight is 1340 g/mol. The van der Waals surface area contributed by atoms with Gasteiger partial charge in [0.1, 0.15) is 58.6 Å². The topological polar surface area (TPSA) is 341 Å². The van der Waals surface area contributed by atoms with Crippen LogP contribution in [0.15, 0.2) is 78.4 Å². The summed E-state index contributed by atoms with van der Waals surface area (Å²) < 4.78 is 29.6. The number of hydrogen-bond donors (Lipinski definition) is 8. The number of nitrogens with zero attached hydrogens (tertiary/aromatic N) is 3. The third kappa shape index (κ3) is 18.5. The number of aromatic nitrogens is 1. The molecule has 9 N–H and O–H groups in total. The Labute approximate surface area is 537 Å². The number of epoxide rings is 1. The van der Waals surface area contributed by atoms with Crippen LogP contribution in [0.5, 0.6) is 5.75 Å². The lowest BCUT2D eigenvalue weighted by atomic mass is 9.83.